The van der Waals surface area contributed by atoms with Crippen molar-refractivity contribution in [3.63, 3.8) is 0 Å². The lowest BCUT2D eigenvalue weighted by Gasteiger charge is -2.30. The maximum absolute atomic E-state index is 11.6. The first-order chi connectivity index (χ1) is 11.3. The summed E-state index contributed by atoms with van der Waals surface area (Å²) in [5, 5.41) is 2.80. The van der Waals surface area contributed by atoms with Gasteiger partial charge in [0.05, 0.1) is 7.11 Å². The molecule has 0 atom stereocenters. The molecule has 1 aliphatic heterocycles. The number of fused-ring (bicyclic) bond motifs is 1. The molecule has 0 fully saturated rings. The van der Waals surface area contributed by atoms with Gasteiger partial charge in [-0.15, -0.1) is 0 Å². The zero-order chi connectivity index (χ0) is 17.7. The van der Waals surface area contributed by atoms with Crippen molar-refractivity contribution in [2.24, 2.45) is 0 Å². The molecule has 1 aromatic rings. The third kappa shape index (κ3) is 5.03. The SMILES string of the molecule is COc1ccc(N)c2c1CCN(CCCNC(=O)OC(C)(C)C)C2. The summed E-state index contributed by atoms with van der Waals surface area (Å²) in [5.41, 5.74) is 8.88. The Hall–Kier alpha value is -1.95. The number of ether oxygens (including phenoxy) is 2. The van der Waals surface area contributed by atoms with Gasteiger partial charge < -0.3 is 20.5 Å². The van der Waals surface area contributed by atoms with Crippen LogP contribution >= 0.6 is 0 Å². The molecule has 1 heterocycles. The second kappa shape index (κ2) is 7.75. The van der Waals surface area contributed by atoms with Crippen LogP contribution in [0.4, 0.5) is 10.5 Å². The normalized spacial score (nSPS) is 14.8. The Morgan fingerprint density at radius 1 is 1.33 bits per heavy atom. The zero-order valence-corrected chi connectivity index (χ0v) is 15.1. The molecule has 0 aliphatic carbocycles. The molecular weight excluding hydrogens is 306 g/mol. The van der Waals surface area contributed by atoms with Gasteiger partial charge in [0.15, 0.2) is 0 Å². The molecule has 0 bridgehead atoms. The summed E-state index contributed by atoms with van der Waals surface area (Å²) in [4.78, 5) is 14.0. The van der Waals surface area contributed by atoms with Crippen LogP contribution < -0.4 is 15.8 Å². The molecule has 24 heavy (non-hydrogen) atoms. The maximum Gasteiger partial charge on any atom is 0.407 e. The van der Waals surface area contributed by atoms with Crippen molar-refractivity contribution in [3.8, 4) is 5.75 Å². The van der Waals surface area contributed by atoms with Crippen LogP contribution in [0.2, 0.25) is 0 Å². The Labute approximate surface area is 144 Å². The standard InChI is InChI=1S/C18H29N3O3/c1-18(2,3)24-17(22)20-9-5-10-21-11-8-13-14(12-21)15(19)6-7-16(13)23-4/h6-7H,5,8-12,19H2,1-4H3,(H,20,22). The Balaban J connectivity index is 1.79. The number of nitrogen functional groups attached to an aromatic ring is 1. The third-order valence-corrected chi connectivity index (χ3v) is 4.02. The summed E-state index contributed by atoms with van der Waals surface area (Å²) in [6.07, 6.45) is 1.45. The molecule has 0 spiro atoms. The van der Waals surface area contributed by atoms with Gasteiger partial charge in [0, 0.05) is 37.4 Å². The van der Waals surface area contributed by atoms with E-state index in [9.17, 15) is 4.79 Å². The van der Waals surface area contributed by atoms with Crippen LogP contribution in [-0.4, -0.2) is 43.3 Å². The second-order valence-corrected chi connectivity index (χ2v) is 7.12. The Morgan fingerprint density at radius 3 is 2.75 bits per heavy atom. The van der Waals surface area contributed by atoms with Gasteiger partial charge in [-0.25, -0.2) is 4.79 Å². The van der Waals surface area contributed by atoms with Crippen molar-refractivity contribution >= 4 is 11.8 Å². The van der Waals surface area contributed by atoms with Crippen molar-refractivity contribution in [2.75, 3.05) is 32.5 Å². The van der Waals surface area contributed by atoms with Gasteiger partial charge in [-0.3, -0.25) is 4.90 Å². The number of carbonyl (C=O) groups excluding carboxylic acids is 1. The fraction of sp³-hybridized carbons (Fsp3) is 0.611. The highest BCUT2D eigenvalue weighted by Crippen LogP contribution is 2.31. The monoisotopic (exact) mass is 335 g/mol. The molecule has 6 heteroatoms. The number of nitrogens with two attached hydrogens (primary N) is 1. The number of nitrogens with zero attached hydrogens (tertiary/aromatic N) is 1. The number of hydrogen-bond donors (Lipinski definition) is 2. The van der Waals surface area contributed by atoms with Crippen molar-refractivity contribution in [1.29, 1.82) is 0 Å². The highest BCUT2D eigenvalue weighted by molar-refractivity contribution is 5.67. The largest absolute Gasteiger partial charge is 0.496 e. The summed E-state index contributed by atoms with van der Waals surface area (Å²) in [7, 11) is 1.69. The molecule has 6 nitrogen and oxygen atoms in total. The summed E-state index contributed by atoms with van der Waals surface area (Å²) in [6, 6.07) is 3.85. The van der Waals surface area contributed by atoms with E-state index in [2.05, 4.69) is 10.2 Å². The summed E-state index contributed by atoms with van der Waals surface area (Å²) in [5.74, 6) is 0.922. The summed E-state index contributed by atoms with van der Waals surface area (Å²) in [6.45, 7) is 8.88. The molecule has 0 saturated heterocycles. The molecular formula is C18H29N3O3. The number of benzene rings is 1. The zero-order valence-electron chi connectivity index (χ0n) is 15.1. The minimum atomic E-state index is -0.461. The minimum Gasteiger partial charge on any atom is -0.496 e. The predicted molar refractivity (Wildman–Crippen MR) is 95.2 cm³/mol. The molecule has 0 saturated carbocycles. The van der Waals surface area contributed by atoms with Crippen molar-refractivity contribution < 1.29 is 14.3 Å². The first-order valence-electron chi connectivity index (χ1n) is 8.43. The number of nitrogens with one attached hydrogen (secondary N) is 1. The van der Waals surface area contributed by atoms with E-state index in [-0.39, 0.29) is 6.09 Å². The fourth-order valence-corrected chi connectivity index (χ4v) is 2.91. The van der Waals surface area contributed by atoms with E-state index in [1.54, 1.807) is 7.11 Å². The second-order valence-electron chi connectivity index (χ2n) is 7.12. The van der Waals surface area contributed by atoms with Crippen LogP contribution in [0, 0.1) is 0 Å². The smallest absolute Gasteiger partial charge is 0.407 e. The van der Waals surface area contributed by atoms with Crippen LogP contribution in [0.5, 0.6) is 5.75 Å². The predicted octanol–water partition coefficient (Wildman–Crippen LogP) is 2.55. The summed E-state index contributed by atoms with van der Waals surface area (Å²) >= 11 is 0. The lowest BCUT2D eigenvalue weighted by molar-refractivity contribution is 0.0525. The maximum atomic E-state index is 11.6. The van der Waals surface area contributed by atoms with Crippen LogP contribution in [-0.2, 0) is 17.7 Å². The molecule has 0 unspecified atom stereocenters. The highest BCUT2D eigenvalue weighted by Gasteiger charge is 2.21. The number of rotatable bonds is 5. The molecule has 1 aromatic carbocycles. The van der Waals surface area contributed by atoms with Gasteiger partial charge in [0.1, 0.15) is 11.4 Å². The van der Waals surface area contributed by atoms with Crippen molar-refractivity contribution in [3.05, 3.63) is 23.3 Å². The molecule has 134 valence electrons. The van der Waals surface area contributed by atoms with Crippen LogP contribution in [0.1, 0.15) is 38.3 Å². The number of amides is 1. The Morgan fingerprint density at radius 2 is 2.08 bits per heavy atom. The first-order valence-corrected chi connectivity index (χ1v) is 8.43. The van der Waals surface area contributed by atoms with E-state index < -0.39 is 5.60 Å². The third-order valence-electron chi connectivity index (χ3n) is 4.02. The van der Waals surface area contributed by atoms with Crippen LogP contribution in [0.3, 0.4) is 0 Å². The average molecular weight is 335 g/mol. The highest BCUT2D eigenvalue weighted by atomic mass is 16.6. The molecule has 1 aliphatic rings. The summed E-state index contributed by atoms with van der Waals surface area (Å²) < 4.78 is 10.7. The average Bonchev–Trinajstić information content (AvgIpc) is 2.50. The lowest BCUT2D eigenvalue weighted by Crippen LogP contribution is -2.36. The van der Waals surface area contributed by atoms with Gasteiger partial charge in [0.25, 0.3) is 0 Å². The van der Waals surface area contributed by atoms with Crippen molar-refractivity contribution in [2.45, 2.75) is 45.8 Å². The molecule has 3 N–H and O–H groups in total. The van der Waals surface area contributed by atoms with Gasteiger partial charge in [-0.2, -0.15) is 0 Å². The van der Waals surface area contributed by atoms with E-state index in [1.165, 1.54) is 11.1 Å². The number of hydrogen-bond acceptors (Lipinski definition) is 5. The number of methoxy groups -OCH3 is 1. The van der Waals surface area contributed by atoms with E-state index >= 15 is 0 Å². The minimum absolute atomic E-state index is 0.361. The molecule has 2 rings (SSSR count). The number of anilines is 1. The van der Waals surface area contributed by atoms with Gasteiger partial charge in [-0.1, -0.05) is 0 Å². The molecule has 0 aromatic heterocycles. The Kier molecular flexibility index (Phi) is 5.94. The van der Waals surface area contributed by atoms with E-state index in [0.717, 1.165) is 43.9 Å². The lowest BCUT2D eigenvalue weighted by atomic mass is 9.97. The molecule has 1 amide bonds. The topological polar surface area (TPSA) is 76.8 Å². The van der Waals surface area contributed by atoms with Gasteiger partial charge in [-0.05, 0) is 51.3 Å². The Bertz CT molecular complexity index is 582. The van der Waals surface area contributed by atoms with Gasteiger partial charge >= 0.3 is 6.09 Å². The quantitative estimate of drug-likeness (QED) is 0.639. The fourth-order valence-electron chi connectivity index (χ4n) is 2.91. The first kappa shape index (κ1) is 18.4. The van der Waals surface area contributed by atoms with E-state index in [1.807, 2.05) is 32.9 Å². The van der Waals surface area contributed by atoms with Crippen LogP contribution in [0.25, 0.3) is 0 Å². The van der Waals surface area contributed by atoms with E-state index in [0.29, 0.717) is 6.54 Å². The van der Waals surface area contributed by atoms with E-state index in [4.69, 9.17) is 15.2 Å². The van der Waals surface area contributed by atoms with Crippen molar-refractivity contribution in [1.82, 2.24) is 10.2 Å². The number of carbonyl (C=O) groups is 1. The molecule has 0 radical (unpaired) electrons. The van der Waals surface area contributed by atoms with Crippen LogP contribution in [0.15, 0.2) is 12.1 Å². The number of alkyl carbamates (subject to hydrolysis) is 1. The van der Waals surface area contributed by atoms with Gasteiger partial charge in [0.2, 0.25) is 0 Å².